The summed E-state index contributed by atoms with van der Waals surface area (Å²) < 4.78 is 0. The Balaban J connectivity index is 2.29. The SMILES string of the molecule is C=CCCc1ccc2c(n1)CCC(C)(CC)C2=O. The van der Waals surface area contributed by atoms with Crippen molar-refractivity contribution in [1.29, 1.82) is 0 Å². The molecule has 0 bridgehead atoms. The second-order valence-electron chi connectivity index (χ2n) is 5.37. The lowest BCUT2D eigenvalue weighted by Gasteiger charge is -2.31. The Labute approximate surface area is 109 Å². The van der Waals surface area contributed by atoms with Gasteiger partial charge in [0.25, 0.3) is 0 Å². The van der Waals surface area contributed by atoms with Gasteiger partial charge in [-0.3, -0.25) is 9.78 Å². The Morgan fingerprint density at radius 1 is 1.50 bits per heavy atom. The van der Waals surface area contributed by atoms with Gasteiger partial charge in [0.05, 0.1) is 5.69 Å². The van der Waals surface area contributed by atoms with Crippen LogP contribution in [0.15, 0.2) is 24.8 Å². The molecule has 96 valence electrons. The highest BCUT2D eigenvalue weighted by Gasteiger charge is 2.37. The normalized spacial score (nSPS) is 22.7. The van der Waals surface area contributed by atoms with Gasteiger partial charge in [-0.2, -0.15) is 0 Å². The second kappa shape index (κ2) is 5.05. The van der Waals surface area contributed by atoms with Gasteiger partial charge >= 0.3 is 0 Å². The predicted octanol–water partition coefficient (Wildman–Crippen LogP) is 3.75. The summed E-state index contributed by atoms with van der Waals surface area (Å²) in [5, 5.41) is 0. The lowest BCUT2D eigenvalue weighted by atomic mass is 9.71. The topological polar surface area (TPSA) is 30.0 Å². The van der Waals surface area contributed by atoms with E-state index in [1.54, 1.807) is 0 Å². The van der Waals surface area contributed by atoms with E-state index in [1.165, 1.54) is 0 Å². The molecular formula is C16H21NO. The Morgan fingerprint density at radius 3 is 2.94 bits per heavy atom. The van der Waals surface area contributed by atoms with Crippen molar-refractivity contribution in [2.75, 3.05) is 0 Å². The number of hydrogen-bond acceptors (Lipinski definition) is 2. The highest BCUT2D eigenvalue weighted by Crippen LogP contribution is 2.37. The molecule has 2 nitrogen and oxygen atoms in total. The van der Waals surface area contributed by atoms with Gasteiger partial charge in [-0.1, -0.05) is 19.9 Å². The lowest BCUT2D eigenvalue weighted by molar-refractivity contribution is 0.0776. The number of hydrogen-bond donors (Lipinski definition) is 0. The monoisotopic (exact) mass is 243 g/mol. The van der Waals surface area contributed by atoms with Crippen molar-refractivity contribution in [3.8, 4) is 0 Å². The van der Waals surface area contributed by atoms with E-state index in [1.807, 2.05) is 18.2 Å². The lowest BCUT2D eigenvalue weighted by Crippen LogP contribution is -2.33. The Hall–Kier alpha value is -1.44. The highest BCUT2D eigenvalue weighted by molar-refractivity contribution is 6.02. The number of allylic oxidation sites excluding steroid dienone is 1. The molecule has 2 rings (SSSR count). The standard InChI is InChI=1S/C16H21NO/c1-4-6-7-12-8-9-13-14(17-12)10-11-16(3,5-2)15(13)18/h4,8-9H,1,5-7,10-11H2,2-3H3. The molecule has 18 heavy (non-hydrogen) atoms. The molecule has 1 atom stereocenters. The molecule has 0 spiro atoms. The van der Waals surface area contributed by atoms with Gasteiger partial charge in [-0.05, 0) is 44.2 Å². The fraction of sp³-hybridized carbons (Fsp3) is 0.500. The van der Waals surface area contributed by atoms with Crippen LogP contribution in [0.5, 0.6) is 0 Å². The van der Waals surface area contributed by atoms with E-state index >= 15 is 0 Å². The Bertz CT molecular complexity index is 478. The summed E-state index contributed by atoms with van der Waals surface area (Å²) in [6, 6.07) is 3.96. The van der Waals surface area contributed by atoms with Crippen LogP contribution in [0.1, 0.15) is 54.9 Å². The second-order valence-corrected chi connectivity index (χ2v) is 5.37. The van der Waals surface area contributed by atoms with Crippen LogP contribution in [-0.2, 0) is 12.8 Å². The van der Waals surface area contributed by atoms with Gasteiger partial charge in [0, 0.05) is 16.7 Å². The number of rotatable bonds is 4. The minimum atomic E-state index is -0.183. The van der Waals surface area contributed by atoms with E-state index in [9.17, 15) is 4.79 Å². The molecule has 0 aromatic carbocycles. The maximum Gasteiger partial charge on any atom is 0.170 e. The molecule has 0 radical (unpaired) electrons. The summed E-state index contributed by atoms with van der Waals surface area (Å²) in [6.07, 6.45) is 6.51. The molecule has 0 saturated carbocycles. The smallest absolute Gasteiger partial charge is 0.170 e. The van der Waals surface area contributed by atoms with E-state index in [0.29, 0.717) is 0 Å². The third kappa shape index (κ3) is 2.24. The van der Waals surface area contributed by atoms with Crippen LogP contribution in [0.25, 0.3) is 0 Å². The minimum absolute atomic E-state index is 0.183. The molecule has 1 aliphatic carbocycles. The van der Waals surface area contributed by atoms with Crippen LogP contribution in [-0.4, -0.2) is 10.8 Å². The first-order valence-corrected chi connectivity index (χ1v) is 6.75. The van der Waals surface area contributed by atoms with Gasteiger partial charge in [0.15, 0.2) is 5.78 Å². The molecule has 0 aliphatic heterocycles. The zero-order chi connectivity index (χ0) is 13.2. The average Bonchev–Trinajstić information content (AvgIpc) is 2.41. The maximum absolute atomic E-state index is 12.4. The van der Waals surface area contributed by atoms with Crippen molar-refractivity contribution in [3.05, 3.63) is 41.7 Å². The van der Waals surface area contributed by atoms with Crippen molar-refractivity contribution in [3.63, 3.8) is 0 Å². The molecule has 0 saturated heterocycles. The number of ketones is 1. The van der Waals surface area contributed by atoms with Crippen molar-refractivity contribution < 1.29 is 4.79 Å². The number of carbonyl (C=O) groups is 1. The van der Waals surface area contributed by atoms with Crippen molar-refractivity contribution in [2.45, 2.75) is 46.0 Å². The highest BCUT2D eigenvalue weighted by atomic mass is 16.1. The van der Waals surface area contributed by atoms with Crippen LogP contribution >= 0.6 is 0 Å². The molecule has 1 aliphatic rings. The zero-order valence-electron chi connectivity index (χ0n) is 11.3. The average molecular weight is 243 g/mol. The zero-order valence-corrected chi connectivity index (χ0v) is 11.3. The summed E-state index contributed by atoms with van der Waals surface area (Å²) in [5.74, 6) is 0.272. The fourth-order valence-corrected chi connectivity index (χ4v) is 2.50. The van der Waals surface area contributed by atoms with E-state index in [0.717, 1.165) is 49.1 Å². The van der Waals surface area contributed by atoms with Crippen molar-refractivity contribution in [2.24, 2.45) is 5.41 Å². The van der Waals surface area contributed by atoms with Gasteiger partial charge in [0.2, 0.25) is 0 Å². The van der Waals surface area contributed by atoms with E-state index < -0.39 is 0 Å². The molecule has 2 heteroatoms. The number of carbonyl (C=O) groups excluding carboxylic acids is 1. The molecule has 0 N–H and O–H groups in total. The molecule has 1 heterocycles. The summed E-state index contributed by atoms with van der Waals surface area (Å²) in [6.45, 7) is 7.89. The van der Waals surface area contributed by atoms with Crippen LogP contribution in [0.2, 0.25) is 0 Å². The van der Waals surface area contributed by atoms with Gasteiger partial charge in [-0.15, -0.1) is 6.58 Å². The molecule has 0 amide bonds. The van der Waals surface area contributed by atoms with Gasteiger partial charge < -0.3 is 0 Å². The largest absolute Gasteiger partial charge is 0.293 e. The number of Topliss-reactive ketones (excluding diaryl/α,β-unsaturated/α-hetero) is 1. The van der Waals surface area contributed by atoms with Crippen molar-refractivity contribution >= 4 is 5.78 Å². The third-order valence-corrected chi connectivity index (χ3v) is 4.12. The summed E-state index contributed by atoms with van der Waals surface area (Å²) in [5.41, 5.74) is 2.72. The van der Waals surface area contributed by atoms with Gasteiger partial charge in [0.1, 0.15) is 0 Å². The number of aromatic nitrogens is 1. The van der Waals surface area contributed by atoms with Gasteiger partial charge in [-0.25, -0.2) is 0 Å². The molecule has 1 unspecified atom stereocenters. The number of aryl methyl sites for hydroxylation is 2. The third-order valence-electron chi connectivity index (χ3n) is 4.12. The molecular weight excluding hydrogens is 222 g/mol. The number of nitrogens with zero attached hydrogens (tertiary/aromatic N) is 1. The first kappa shape index (κ1) is 13.0. The van der Waals surface area contributed by atoms with E-state index in [-0.39, 0.29) is 11.2 Å². The van der Waals surface area contributed by atoms with Crippen LogP contribution in [0, 0.1) is 5.41 Å². The molecule has 1 aromatic rings. The van der Waals surface area contributed by atoms with Crippen molar-refractivity contribution in [1.82, 2.24) is 4.98 Å². The van der Waals surface area contributed by atoms with Crippen LogP contribution in [0.3, 0.4) is 0 Å². The Kier molecular flexibility index (Phi) is 3.65. The Morgan fingerprint density at radius 2 is 2.28 bits per heavy atom. The van der Waals surface area contributed by atoms with Crippen LogP contribution in [0.4, 0.5) is 0 Å². The maximum atomic E-state index is 12.4. The van der Waals surface area contributed by atoms with E-state index in [2.05, 4.69) is 25.4 Å². The summed E-state index contributed by atoms with van der Waals surface area (Å²) in [7, 11) is 0. The first-order valence-electron chi connectivity index (χ1n) is 6.75. The van der Waals surface area contributed by atoms with Crippen LogP contribution < -0.4 is 0 Å². The van der Waals surface area contributed by atoms with E-state index in [4.69, 9.17) is 0 Å². The number of fused-ring (bicyclic) bond motifs is 1. The fourth-order valence-electron chi connectivity index (χ4n) is 2.50. The molecule has 0 fully saturated rings. The summed E-state index contributed by atoms with van der Waals surface area (Å²) in [4.78, 5) is 17.1. The number of pyridine rings is 1. The quantitative estimate of drug-likeness (QED) is 0.754. The predicted molar refractivity (Wildman–Crippen MR) is 73.8 cm³/mol. The molecule has 1 aromatic heterocycles. The first-order chi connectivity index (χ1) is 8.60. The minimum Gasteiger partial charge on any atom is -0.293 e. The summed E-state index contributed by atoms with van der Waals surface area (Å²) >= 11 is 0.